The molecule has 1 heterocycles. The van der Waals surface area contributed by atoms with Crippen LogP contribution in [0.1, 0.15) is 24.3 Å². The van der Waals surface area contributed by atoms with E-state index in [1.165, 1.54) is 0 Å². The fraction of sp³-hybridized carbons (Fsp3) is 0.467. The zero-order valence-electron chi connectivity index (χ0n) is 12.0. The minimum absolute atomic E-state index is 0.0638. The molecule has 0 saturated heterocycles. The van der Waals surface area contributed by atoms with E-state index in [1.807, 2.05) is 38.4 Å². The number of nitrogens with zero attached hydrogens (tertiary/aromatic N) is 1. The Kier molecular flexibility index (Phi) is 4.74. The predicted molar refractivity (Wildman–Crippen MR) is 78.6 cm³/mol. The lowest BCUT2D eigenvalue weighted by atomic mass is 9.90. The Morgan fingerprint density at radius 3 is 2.90 bits per heavy atom. The molecule has 1 aliphatic rings. The van der Waals surface area contributed by atoms with Gasteiger partial charge in [-0.15, -0.1) is 0 Å². The van der Waals surface area contributed by atoms with Crippen LogP contribution in [-0.4, -0.2) is 43.9 Å². The summed E-state index contributed by atoms with van der Waals surface area (Å²) in [5, 5.41) is 5.72. The summed E-state index contributed by atoms with van der Waals surface area (Å²) in [6.45, 7) is 1.57. The second-order valence-corrected chi connectivity index (χ2v) is 5.34. The third kappa shape index (κ3) is 3.57. The lowest BCUT2D eigenvalue weighted by Crippen LogP contribution is -2.36. The number of rotatable bonds is 5. The molecule has 0 spiro atoms. The number of amides is 2. The Morgan fingerprint density at radius 1 is 1.40 bits per heavy atom. The molecule has 108 valence electrons. The van der Waals surface area contributed by atoms with Crippen molar-refractivity contribution in [3.05, 3.63) is 29.8 Å². The number of hydrogen-bond acceptors (Lipinski definition) is 3. The second kappa shape index (κ2) is 6.52. The average Bonchev–Trinajstić information content (AvgIpc) is 2.42. The Labute approximate surface area is 119 Å². The topological polar surface area (TPSA) is 61.4 Å². The average molecular weight is 275 g/mol. The van der Waals surface area contributed by atoms with Crippen LogP contribution in [-0.2, 0) is 9.59 Å². The molecule has 2 amide bonds. The monoisotopic (exact) mass is 275 g/mol. The highest BCUT2D eigenvalue weighted by atomic mass is 16.2. The summed E-state index contributed by atoms with van der Waals surface area (Å²) in [5.41, 5.74) is 1.65. The number of anilines is 1. The quantitative estimate of drug-likeness (QED) is 0.793. The molecule has 1 aromatic rings. The molecule has 2 N–H and O–H groups in total. The Morgan fingerprint density at radius 2 is 2.15 bits per heavy atom. The molecule has 0 fully saturated rings. The highest BCUT2D eigenvalue weighted by Crippen LogP contribution is 2.31. The minimum Gasteiger partial charge on any atom is -0.356 e. The van der Waals surface area contributed by atoms with E-state index in [2.05, 4.69) is 15.5 Å². The first kappa shape index (κ1) is 14.5. The molecule has 0 radical (unpaired) electrons. The zero-order chi connectivity index (χ0) is 14.5. The number of benzene rings is 1. The SMILES string of the molecule is CN(C)CCCNC(=O)C1CC(=O)Nc2ccccc21. The minimum atomic E-state index is -0.376. The van der Waals surface area contributed by atoms with Crippen molar-refractivity contribution in [2.75, 3.05) is 32.5 Å². The maximum absolute atomic E-state index is 12.2. The molecule has 2 rings (SSSR count). The van der Waals surface area contributed by atoms with Gasteiger partial charge in [0.15, 0.2) is 0 Å². The van der Waals surface area contributed by atoms with Gasteiger partial charge < -0.3 is 15.5 Å². The zero-order valence-corrected chi connectivity index (χ0v) is 12.0. The van der Waals surface area contributed by atoms with E-state index in [-0.39, 0.29) is 24.2 Å². The number of carbonyl (C=O) groups excluding carboxylic acids is 2. The van der Waals surface area contributed by atoms with Crippen molar-refractivity contribution in [3.63, 3.8) is 0 Å². The molecule has 1 aliphatic heterocycles. The van der Waals surface area contributed by atoms with Crippen LogP contribution in [0, 0.1) is 0 Å². The van der Waals surface area contributed by atoms with Gasteiger partial charge in [-0.1, -0.05) is 18.2 Å². The van der Waals surface area contributed by atoms with E-state index in [0.29, 0.717) is 6.54 Å². The van der Waals surface area contributed by atoms with E-state index in [9.17, 15) is 9.59 Å². The van der Waals surface area contributed by atoms with E-state index in [1.54, 1.807) is 0 Å². The third-order valence-corrected chi connectivity index (χ3v) is 3.40. The third-order valence-electron chi connectivity index (χ3n) is 3.40. The van der Waals surface area contributed by atoms with Crippen molar-refractivity contribution in [3.8, 4) is 0 Å². The fourth-order valence-electron chi connectivity index (χ4n) is 2.38. The Bertz CT molecular complexity index is 500. The lowest BCUT2D eigenvalue weighted by molar-refractivity contribution is -0.126. The molecule has 1 aromatic carbocycles. The molecule has 20 heavy (non-hydrogen) atoms. The first-order chi connectivity index (χ1) is 9.58. The molecule has 5 nitrogen and oxygen atoms in total. The molecular weight excluding hydrogens is 254 g/mol. The largest absolute Gasteiger partial charge is 0.356 e. The van der Waals surface area contributed by atoms with E-state index >= 15 is 0 Å². The lowest BCUT2D eigenvalue weighted by Gasteiger charge is -2.24. The van der Waals surface area contributed by atoms with Crippen LogP contribution in [0.2, 0.25) is 0 Å². The number of nitrogens with one attached hydrogen (secondary N) is 2. The summed E-state index contributed by atoms with van der Waals surface area (Å²) in [6, 6.07) is 7.48. The molecule has 1 unspecified atom stereocenters. The molecule has 0 bridgehead atoms. The summed E-state index contributed by atoms with van der Waals surface area (Å²) in [4.78, 5) is 26.0. The Hall–Kier alpha value is -1.88. The highest BCUT2D eigenvalue weighted by Gasteiger charge is 2.29. The highest BCUT2D eigenvalue weighted by molar-refractivity contribution is 6.01. The second-order valence-electron chi connectivity index (χ2n) is 5.34. The number of para-hydroxylation sites is 1. The summed E-state index contributed by atoms with van der Waals surface area (Å²) < 4.78 is 0. The first-order valence-corrected chi connectivity index (χ1v) is 6.89. The normalized spacial score (nSPS) is 17.6. The van der Waals surface area contributed by atoms with Crippen molar-refractivity contribution in [2.45, 2.75) is 18.8 Å². The first-order valence-electron chi connectivity index (χ1n) is 6.89. The summed E-state index contributed by atoms with van der Waals surface area (Å²) in [7, 11) is 4.01. The van der Waals surface area contributed by atoms with E-state index in [4.69, 9.17) is 0 Å². The molecule has 0 aliphatic carbocycles. The van der Waals surface area contributed by atoms with Crippen molar-refractivity contribution in [1.82, 2.24) is 10.2 Å². The van der Waals surface area contributed by atoms with Gasteiger partial charge in [0.05, 0.1) is 5.92 Å². The number of fused-ring (bicyclic) bond motifs is 1. The van der Waals surface area contributed by atoms with Crippen LogP contribution >= 0.6 is 0 Å². The van der Waals surface area contributed by atoms with Crippen LogP contribution in [0.5, 0.6) is 0 Å². The van der Waals surface area contributed by atoms with Gasteiger partial charge in [-0.3, -0.25) is 9.59 Å². The van der Waals surface area contributed by atoms with Gasteiger partial charge in [-0.05, 0) is 38.7 Å². The fourth-order valence-corrected chi connectivity index (χ4v) is 2.38. The predicted octanol–water partition coefficient (Wildman–Crippen LogP) is 1.18. The van der Waals surface area contributed by atoms with Crippen LogP contribution < -0.4 is 10.6 Å². The number of hydrogen-bond donors (Lipinski definition) is 2. The van der Waals surface area contributed by atoms with E-state index < -0.39 is 0 Å². The van der Waals surface area contributed by atoms with Gasteiger partial charge in [0.1, 0.15) is 0 Å². The van der Waals surface area contributed by atoms with E-state index in [0.717, 1.165) is 24.2 Å². The van der Waals surface area contributed by atoms with Crippen LogP contribution in [0.15, 0.2) is 24.3 Å². The van der Waals surface area contributed by atoms with Gasteiger partial charge in [0.2, 0.25) is 11.8 Å². The van der Waals surface area contributed by atoms with Gasteiger partial charge in [0.25, 0.3) is 0 Å². The Balaban J connectivity index is 1.98. The molecule has 5 heteroatoms. The van der Waals surface area contributed by atoms with Gasteiger partial charge in [0, 0.05) is 18.7 Å². The van der Waals surface area contributed by atoms with Crippen molar-refractivity contribution in [2.24, 2.45) is 0 Å². The van der Waals surface area contributed by atoms with Crippen LogP contribution in [0.4, 0.5) is 5.69 Å². The number of carbonyl (C=O) groups is 2. The van der Waals surface area contributed by atoms with Gasteiger partial charge >= 0.3 is 0 Å². The standard InChI is InChI=1S/C15H21N3O2/c1-18(2)9-5-8-16-15(20)12-10-14(19)17-13-7-4-3-6-11(12)13/h3-4,6-7,12H,5,8-10H2,1-2H3,(H,16,20)(H,17,19). The summed E-state index contributed by atoms with van der Waals surface area (Å²) in [5.74, 6) is -0.539. The maximum Gasteiger partial charge on any atom is 0.228 e. The van der Waals surface area contributed by atoms with Gasteiger partial charge in [-0.25, -0.2) is 0 Å². The smallest absolute Gasteiger partial charge is 0.228 e. The summed E-state index contributed by atoms with van der Waals surface area (Å²) in [6.07, 6.45) is 1.12. The molecule has 0 aromatic heterocycles. The van der Waals surface area contributed by atoms with Crippen LogP contribution in [0.3, 0.4) is 0 Å². The molecule has 1 atom stereocenters. The van der Waals surface area contributed by atoms with Crippen molar-refractivity contribution >= 4 is 17.5 Å². The van der Waals surface area contributed by atoms with Crippen molar-refractivity contribution in [1.29, 1.82) is 0 Å². The van der Waals surface area contributed by atoms with Crippen molar-refractivity contribution < 1.29 is 9.59 Å². The maximum atomic E-state index is 12.2. The molecule has 0 saturated carbocycles. The van der Waals surface area contributed by atoms with Gasteiger partial charge in [-0.2, -0.15) is 0 Å². The molecular formula is C15H21N3O2. The summed E-state index contributed by atoms with van der Waals surface area (Å²) >= 11 is 0. The van der Waals surface area contributed by atoms with Crippen LogP contribution in [0.25, 0.3) is 0 Å².